The van der Waals surface area contributed by atoms with E-state index in [2.05, 4.69) is 12.2 Å². The first-order valence-electron chi connectivity index (χ1n) is 9.50. The smallest absolute Gasteiger partial charge is 0.261 e. The fourth-order valence-electron chi connectivity index (χ4n) is 2.70. The molecule has 2 amide bonds. The van der Waals surface area contributed by atoms with Crippen molar-refractivity contribution in [3.05, 3.63) is 65.2 Å². The van der Waals surface area contributed by atoms with E-state index in [0.29, 0.717) is 17.3 Å². The van der Waals surface area contributed by atoms with Gasteiger partial charge in [0.25, 0.3) is 5.91 Å². The highest BCUT2D eigenvalue weighted by atomic mass is 35.5. The van der Waals surface area contributed by atoms with Gasteiger partial charge in [-0.25, -0.2) is 0 Å². The van der Waals surface area contributed by atoms with Gasteiger partial charge in [-0.05, 0) is 43.2 Å². The van der Waals surface area contributed by atoms with Crippen LogP contribution in [0.3, 0.4) is 0 Å². The first-order chi connectivity index (χ1) is 13.5. The molecule has 0 saturated heterocycles. The van der Waals surface area contributed by atoms with Gasteiger partial charge in [-0.2, -0.15) is 0 Å². The van der Waals surface area contributed by atoms with E-state index in [0.717, 1.165) is 18.4 Å². The minimum Gasteiger partial charge on any atom is -0.484 e. The molecule has 6 heteroatoms. The number of amides is 2. The van der Waals surface area contributed by atoms with Gasteiger partial charge in [0.1, 0.15) is 11.8 Å². The molecule has 0 heterocycles. The molecular weight excluding hydrogens is 376 g/mol. The first-order valence-corrected chi connectivity index (χ1v) is 9.88. The number of unbranched alkanes of at least 4 members (excludes halogenated alkanes) is 1. The zero-order chi connectivity index (χ0) is 20.4. The number of rotatable bonds is 10. The lowest BCUT2D eigenvalue weighted by atomic mass is 10.1. The van der Waals surface area contributed by atoms with Crippen LogP contribution in [0.4, 0.5) is 0 Å². The first kappa shape index (κ1) is 21.8. The highest BCUT2D eigenvalue weighted by molar-refractivity contribution is 6.30. The van der Waals surface area contributed by atoms with Gasteiger partial charge in [0, 0.05) is 18.1 Å². The molecule has 0 aliphatic heterocycles. The molecule has 2 rings (SSSR count). The highest BCUT2D eigenvalue weighted by Crippen LogP contribution is 2.15. The summed E-state index contributed by atoms with van der Waals surface area (Å²) >= 11 is 6.07. The van der Waals surface area contributed by atoms with Crippen molar-refractivity contribution >= 4 is 23.4 Å². The van der Waals surface area contributed by atoms with Crippen LogP contribution in [0.1, 0.15) is 32.3 Å². The molecule has 0 aromatic heterocycles. The van der Waals surface area contributed by atoms with Crippen molar-refractivity contribution in [1.29, 1.82) is 0 Å². The molecule has 0 saturated carbocycles. The van der Waals surface area contributed by atoms with Crippen LogP contribution in [0, 0.1) is 0 Å². The minimum absolute atomic E-state index is 0.142. The van der Waals surface area contributed by atoms with Crippen LogP contribution in [-0.2, 0) is 16.1 Å². The average molecular weight is 403 g/mol. The standard InChI is InChI=1S/C22H27ClN2O3/c1-3-4-13-24-22(27)17(2)25(15-18-9-8-10-19(23)14-18)21(26)16-28-20-11-6-5-7-12-20/h5-12,14,17H,3-4,13,15-16H2,1-2H3,(H,24,27). The molecule has 0 aliphatic rings. The predicted octanol–water partition coefficient (Wildman–Crippen LogP) is 4.05. The summed E-state index contributed by atoms with van der Waals surface area (Å²) in [7, 11) is 0. The Morgan fingerprint density at radius 1 is 1.14 bits per heavy atom. The molecule has 0 radical (unpaired) electrons. The lowest BCUT2D eigenvalue weighted by Crippen LogP contribution is -2.49. The molecule has 1 atom stereocenters. The Morgan fingerprint density at radius 2 is 1.89 bits per heavy atom. The van der Waals surface area contributed by atoms with Gasteiger partial charge in [0.15, 0.2) is 6.61 Å². The van der Waals surface area contributed by atoms with Gasteiger partial charge < -0.3 is 15.0 Å². The van der Waals surface area contributed by atoms with Crippen molar-refractivity contribution in [2.75, 3.05) is 13.2 Å². The topological polar surface area (TPSA) is 58.6 Å². The maximum absolute atomic E-state index is 12.9. The summed E-state index contributed by atoms with van der Waals surface area (Å²) < 4.78 is 5.59. The molecule has 0 spiro atoms. The Balaban J connectivity index is 2.09. The van der Waals surface area contributed by atoms with E-state index in [4.69, 9.17) is 16.3 Å². The van der Waals surface area contributed by atoms with Crippen molar-refractivity contribution in [2.24, 2.45) is 0 Å². The number of halogens is 1. The summed E-state index contributed by atoms with van der Waals surface area (Å²) in [5.41, 5.74) is 0.855. The molecule has 2 aromatic carbocycles. The van der Waals surface area contributed by atoms with Crippen molar-refractivity contribution in [2.45, 2.75) is 39.3 Å². The SMILES string of the molecule is CCCCNC(=O)C(C)N(Cc1cccc(Cl)c1)C(=O)COc1ccccc1. The molecular formula is C22H27ClN2O3. The number of hydrogen-bond acceptors (Lipinski definition) is 3. The van der Waals surface area contributed by atoms with Gasteiger partial charge in [-0.15, -0.1) is 0 Å². The number of carbonyl (C=O) groups is 2. The van der Waals surface area contributed by atoms with Crippen molar-refractivity contribution in [1.82, 2.24) is 10.2 Å². The lowest BCUT2D eigenvalue weighted by molar-refractivity contribution is -0.142. The fourth-order valence-corrected chi connectivity index (χ4v) is 2.91. The molecule has 2 aromatic rings. The highest BCUT2D eigenvalue weighted by Gasteiger charge is 2.26. The second-order valence-electron chi connectivity index (χ2n) is 6.57. The maximum Gasteiger partial charge on any atom is 0.261 e. The second kappa shape index (κ2) is 11.3. The Labute approximate surface area is 171 Å². The van der Waals surface area contributed by atoms with Crippen molar-refractivity contribution < 1.29 is 14.3 Å². The number of nitrogens with zero attached hydrogens (tertiary/aromatic N) is 1. The predicted molar refractivity (Wildman–Crippen MR) is 111 cm³/mol. The zero-order valence-corrected chi connectivity index (χ0v) is 17.1. The zero-order valence-electron chi connectivity index (χ0n) is 16.4. The summed E-state index contributed by atoms with van der Waals surface area (Å²) in [6.45, 7) is 4.52. The summed E-state index contributed by atoms with van der Waals surface area (Å²) in [5.74, 6) is 0.170. The van der Waals surface area contributed by atoms with Crippen LogP contribution in [0.25, 0.3) is 0 Å². The Morgan fingerprint density at radius 3 is 2.57 bits per heavy atom. The summed E-state index contributed by atoms with van der Waals surface area (Å²) in [6.07, 6.45) is 1.89. The average Bonchev–Trinajstić information content (AvgIpc) is 2.70. The quantitative estimate of drug-likeness (QED) is 0.610. The van der Waals surface area contributed by atoms with Crippen LogP contribution >= 0.6 is 11.6 Å². The lowest BCUT2D eigenvalue weighted by Gasteiger charge is -2.28. The number of benzene rings is 2. The van der Waals surface area contributed by atoms with E-state index < -0.39 is 6.04 Å². The van der Waals surface area contributed by atoms with E-state index in [1.807, 2.05) is 30.3 Å². The van der Waals surface area contributed by atoms with E-state index >= 15 is 0 Å². The molecule has 0 bridgehead atoms. The van der Waals surface area contributed by atoms with Crippen LogP contribution in [0.15, 0.2) is 54.6 Å². The third-order valence-corrected chi connectivity index (χ3v) is 4.58. The Bertz CT molecular complexity index is 767. The van der Waals surface area contributed by atoms with E-state index in [1.54, 1.807) is 31.2 Å². The molecule has 28 heavy (non-hydrogen) atoms. The number of nitrogens with one attached hydrogen (secondary N) is 1. The van der Waals surface area contributed by atoms with Crippen LogP contribution in [-0.4, -0.2) is 35.9 Å². The van der Waals surface area contributed by atoms with Crippen LogP contribution < -0.4 is 10.1 Å². The van der Waals surface area contributed by atoms with Crippen LogP contribution in [0.2, 0.25) is 5.02 Å². The third kappa shape index (κ3) is 6.89. The van der Waals surface area contributed by atoms with Crippen molar-refractivity contribution in [3.8, 4) is 5.75 Å². The minimum atomic E-state index is -0.622. The second-order valence-corrected chi connectivity index (χ2v) is 7.01. The fraction of sp³-hybridized carbons (Fsp3) is 0.364. The molecule has 0 aliphatic carbocycles. The molecule has 5 nitrogen and oxygen atoms in total. The normalized spacial score (nSPS) is 11.5. The largest absolute Gasteiger partial charge is 0.484 e. The van der Waals surface area contributed by atoms with Gasteiger partial charge in [-0.1, -0.05) is 55.3 Å². The van der Waals surface area contributed by atoms with E-state index in [1.165, 1.54) is 4.90 Å². The third-order valence-electron chi connectivity index (χ3n) is 4.34. The van der Waals surface area contributed by atoms with E-state index in [9.17, 15) is 9.59 Å². The molecule has 1 unspecified atom stereocenters. The van der Waals surface area contributed by atoms with Gasteiger partial charge in [0.2, 0.25) is 5.91 Å². The Kier molecular flexibility index (Phi) is 8.82. The van der Waals surface area contributed by atoms with Gasteiger partial charge >= 0.3 is 0 Å². The summed E-state index contributed by atoms with van der Waals surface area (Å²) in [4.78, 5) is 26.9. The van der Waals surface area contributed by atoms with Crippen LogP contribution in [0.5, 0.6) is 5.75 Å². The number of hydrogen-bond donors (Lipinski definition) is 1. The van der Waals surface area contributed by atoms with Crippen molar-refractivity contribution in [3.63, 3.8) is 0 Å². The molecule has 0 fully saturated rings. The summed E-state index contributed by atoms with van der Waals surface area (Å²) in [5, 5.41) is 3.48. The molecule has 150 valence electrons. The summed E-state index contributed by atoms with van der Waals surface area (Å²) in [6, 6.07) is 15.8. The Hall–Kier alpha value is -2.53. The molecule has 1 N–H and O–H groups in total. The van der Waals surface area contributed by atoms with Gasteiger partial charge in [-0.3, -0.25) is 9.59 Å². The number of para-hydroxylation sites is 1. The number of ether oxygens (including phenoxy) is 1. The van der Waals surface area contributed by atoms with E-state index in [-0.39, 0.29) is 25.0 Å². The number of carbonyl (C=O) groups excluding carboxylic acids is 2. The maximum atomic E-state index is 12.9. The van der Waals surface area contributed by atoms with Gasteiger partial charge in [0.05, 0.1) is 0 Å². The monoisotopic (exact) mass is 402 g/mol.